The molecule has 0 spiro atoms. The highest BCUT2D eigenvalue weighted by molar-refractivity contribution is 5.84. The second-order valence-corrected chi connectivity index (χ2v) is 5.57. The van der Waals surface area contributed by atoms with E-state index in [2.05, 4.69) is 10.5 Å². The van der Waals surface area contributed by atoms with E-state index in [9.17, 15) is 9.59 Å². The number of hydrogen-bond donors (Lipinski definition) is 1. The first-order valence-corrected chi connectivity index (χ1v) is 7.79. The predicted octanol–water partition coefficient (Wildman–Crippen LogP) is 2.65. The minimum Gasteiger partial charge on any atom is -0.493 e. The van der Waals surface area contributed by atoms with Gasteiger partial charge in [0.15, 0.2) is 11.5 Å². The lowest BCUT2D eigenvalue weighted by atomic mass is 9.89. The predicted molar refractivity (Wildman–Crippen MR) is 86.6 cm³/mol. The Morgan fingerprint density at radius 3 is 2.61 bits per heavy atom. The number of esters is 1. The molecule has 1 amide bonds. The quantitative estimate of drug-likeness (QED) is 0.392. The minimum absolute atomic E-state index is 0.0237. The SMILES string of the molecule is COc1cc(/C=N\NC(=O)C2CCCCC2)ccc1OC(C)=O. The lowest BCUT2D eigenvalue weighted by Crippen LogP contribution is -2.28. The third-order valence-electron chi connectivity index (χ3n) is 3.81. The summed E-state index contributed by atoms with van der Waals surface area (Å²) in [4.78, 5) is 23.0. The number of amides is 1. The third kappa shape index (κ3) is 5.09. The summed E-state index contributed by atoms with van der Waals surface area (Å²) >= 11 is 0. The second kappa shape index (κ2) is 8.31. The van der Waals surface area contributed by atoms with Gasteiger partial charge in [0, 0.05) is 12.8 Å². The van der Waals surface area contributed by atoms with Crippen LogP contribution in [-0.4, -0.2) is 25.2 Å². The standard InChI is InChI=1S/C17H22N2O4/c1-12(20)23-15-9-8-13(10-16(15)22-2)11-18-19-17(21)14-6-4-3-5-7-14/h8-11,14H,3-7H2,1-2H3,(H,19,21)/b18-11-. The van der Waals surface area contributed by atoms with Crippen LogP contribution < -0.4 is 14.9 Å². The number of carbonyl (C=O) groups is 2. The monoisotopic (exact) mass is 318 g/mol. The van der Waals surface area contributed by atoms with E-state index in [1.54, 1.807) is 24.4 Å². The molecule has 6 heteroatoms. The zero-order chi connectivity index (χ0) is 16.7. The highest BCUT2D eigenvalue weighted by Crippen LogP contribution is 2.27. The first-order valence-electron chi connectivity index (χ1n) is 7.79. The van der Waals surface area contributed by atoms with Crippen molar-refractivity contribution in [2.45, 2.75) is 39.0 Å². The smallest absolute Gasteiger partial charge is 0.308 e. The number of nitrogens with one attached hydrogen (secondary N) is 1. The summed E-state index contributed by atoms with van der Waals surface area (Å²) < 4.78 is 10.2. The van der Waals surface area contributed by atoms with E-state index < -0.39 is 5.97 Å². The molecule has 1 aliphatic rings. The van der Waals surface area contributed by atoms with Crippen LogP contribution in [0, 0.1) is 5.92 Å². The summed E-state index contributed by atoms with van der Waals surface area (Å²) in [5.41, 5.74) is 3.33. The van der Waals surface area contributed by atoms with Crippen molar-refractivity contribution in [2.24, 2.45) is 11.0 Å². The molecule has 1 fully saturated rings. The third-order valence-corrected chi connectivity index (χ3v) is 3.81. The minimum atomic E-state index is -0.413. The molecule has 0 aromatic heterocycles. The van der Waals surface area contributed by atoms with Gasteiger partial charge in [0.05, 0.1) is 13.3 Å². The zero-order valence-corrected chi connectivity index (χ0v) is 13.5. The van der Waals surface area contributed by atoms with Crippen LogP contribution in [0.5, 0.6) is 11.5 Å². The molecule has 6 nitrogen and oxygen atoms in total. The Morgan fingerprint density at radius 2 is 1.96 bits per heavy atom. The van der Waals surface area contributed by atoms with Crippen LogP contribution >= 0.6 is 0 Å². The van der Waals surface area contributed by atoms with Gasteiger partial charge in [0.25, 0.3) is 0 Å². The summed E-state index contributed by atoms with van der Waals surface area (Å²) in [5.74, 6) is 0.418. The van der Waals surface area contributed by atoms with Crippen molar-refractivity contribution >= 4 is 18.1 Å². The van der Waals surface area contributed by atoms with Gasteiger partial charge in [-0.15, -0.1) is 0 Å². The Morgan fingerprint density at radius 1 is 1.22 bits per heavy atom. The number of benzene rings is 1. The molecule has 2 rings (SSSR count). The van der Waals surface area contributed by atoms with Crippen molar-refractivity contribution < 1.29 is 19.1 Å². The zero-order valence-electron chi connectivity index (χ0n) is 13.5. The van der Waals surface area contributed by atoms with Gasteiger partial charge in [0.1, 0.15) is 0 Å². The van der Waals surface area contributed by atoms with Gasteiger partial charge in [-0.1, -0.05) is 19.3 Å². The van der Waals surface area contributed by atoms with E-state index in [0.717, 1.165) is 31.2 Å². The Bertz CT molecular complexity index is 592. The van der Waals surface area contributed by atoms with Crippen LogP contribution in [0.15, 0.2) is 23.3 Å². The van der Waals surface area contributed by atoms with E-state index in [1.165, 1.54) is 20.5 Å². The Kier molecular flexibility index (Phi) is 6.14. The van der Waals surface area contributed by atoms with Crippen molar-refractivity contribution in [3.05, 3.63) is 23.8 Å². The van der Waals surface area contributed by atoms with Gasteiger partial charge in [-0.05, 0) is 36.6 Å². The highest BCUT2D eigenvalue weighted by Gasteiger charge is 2.20. The lowest BCUT2D eigenvalue weighted by molar-refractivity contribution is -0.132. The average Bonchev–Trinajstić information content (AvgIpc) is 2.56. The first kappa shape index (κ1) is 17.0. The molecule has 1 saturated carbocycles. The average molecular weight is 318 g/mol. The molecule has 0 unspecified atom stereocenters. The molecule has 124 valence electrons. The van der Waals surface area contributed by atoms with E-state index in [-0.39, 0.29) is 11.8 Å². The van der Waals surface area contributed by atoms with Gasteiger partial charge in [0.2, 0.25) is 5.91 Å². The van der Waals surface area contributed by atoms with Crippen molar-refractivity contribution in [1.29, 1.82) is 0 Å². The van der Waals surface area contributed by atoms with E-state index >= 15 is 0 Å². The summed E-state index contributed by atoms with van der Waals surface area (Å²) in [5, 5.41) is 3.99. The lowest BCUT2D eigenvalue weighted by Gasteiger charge is -2.19. The van der Waals surface area contributed by atoms with Crippen molar-refractivity contribution in [2.75, 3.05) is 7.11 Å². The molecule has 0 atom stereocenters. The maximum atomic E-state index is 12.0. The Balaban J connectivity index is 1.96. The van der Waals surface area contributed by atoms with Gasteiger partial charge in [-0.25, -0.2) is 5.43 Å². The molecule has 1 aromatic rings. The molecule has 1 aliphatic carbocycles. The van der Waals surface area contributed by atoms with Crippen LogP contribution in [-0.2, 0) is 9.59 Å². The fourth-order valence-corrected chi connectivity index (χ4v) is 2.63. The molecule has 1 aromatic carbocycles. The summed E-state index contributed by atoms with van der Waals surface area (Å²) in [6.07, 6.45) is 6.84. The fourth-order valence-electron chi connectivity index (χ4n) is 2.63. The number of ether oxygens (including phenoxy) is 2. The molecular weight excluding hydrogens is 296 g/mol. The summed E-state index contributed by atoms with van der Waals surface area (Å²) in [6, 6.07) is 5.05. The maximum Gasteiger partial charge on any atom is 0.308 e. The van der Waals surface area contributed by atoms with Gasteiger partial charge < -0.3 is 9.47 Å². The number of hydrazone groups is 1. The van der Waals surface area contributed by atoms with E-state index in [4.69, 9.17) is 9.47 Å². The number of hydrogen-bond acceptors (Lipinski definition) is 5. The Hall–Kier alpha value is -2.37. The molecule has 0 aliphatic heterocycles. The largest absolute Gasteiger partial charge is 0.493 e. The van der Waals surface area contributed by atoms with Crippen LogP contribution in [0.25, 0.3) is 0 Å². The number of nitrogens with zero attached hydrogens (tertiary/aromatic N) is 1. The van der Waals surface area contributed by atoms with Crippen LogP contribution in [0.2, 0.25) is 0 Å². The second-order valence-electron chi connectivity index (χ2n) is 5.57. The molecule has 0 radical (unpaired) electrons. The van der Waals surface area contributed by atoms with Gasteiger partial charge >= 0.3 is 5.97 Å². The molecule has 0 bridgehead atoms. The number of carbonyl (C=O) groups excluding carboxylic acids is 2. The first-order chi connectivity index (χ1) is 11.1. The van der Waals surface area contributed by atoms with E-state index in [0.29, 0.717) is 11.5 Å². The molecular formula is C17H22N2O4. The highest BCUT2D eigenvalue weighted by atomic mass is 16.6. The number of methoxy groups -OCH3 is 1. The van der Waals surface area contributed by atoms with Crippen LogP contribution in [0.1, 0.15) is 44.6 Å². The van der Waals surface area contributed by atoms with Crippen molar-refractivity contribution in [3.8, 4) is 11.5 Å². The van der Waals surface area contributed by atoms with Crippen molar-refractivity contribution in [1.82, 2.24) is 5.43 Å². The molecule has 0 saturated heterocycles. The Labute approximate surface area is 135 Å². The molecule has 0 heterocycles. The number of rotatable bonds is 5. The van der Waals surface area contributed by atoms with E-state index in [1.807, 2.05) is 0 Å². The maximum absolute atomic E-state index is 12.0. The van der Waals surface area contributed by atoms with Gasteiger partial charge in [-0.2, -0.15) is 5.10 Å². The molecule has 23 heavy (non-hydrogen) atoms. The molecule has 1 N–H and O–H groups in total. The fraction of sp³-hybridized carbons (Fsp3) is 0.471. The van der Waals surface area contributed by atoms with Crippen molar-refractivity contribution in [3.63, 3.8) is 0 Å². The van der Waals surface area contributed by atoms with Crippen LogP contribution in [0.4, 0.5) is 0 Å². The normalized spacial score (nSPS) is 15.4. The summed E-state index contributed by atoms with van der Waals surface area (Å²) in [6.45, 7) is 1.33. The topological polar surface area (TPSA) is 77.0 Å². The van der Waals surface area contributed by atoms with Gasteiger partial charge in [-0.3, -0.25) is 9.59 Å². The summed E-state index contributed by atoms with van der Waals surface area (Å²) in [7, 11) is 1.49. The van der Waals surface area contributed by atoms with Crippen LogP contribution in [0.3, 0.4) is 0 Å².